The normalized spacial score (nSPS) is 18.3. The number of nitrogens with zero attached hydrogens (tertiary/aromatic N) is 5. The van der Waals surface area contributed by atoms with E-state index < -0.39 is 0 Å². The lowest BCUT2D eigenvalue weighted by Gasteiger charge is -2.34. The highest BCUT2D eigenvalue weighted by Gasteiger charge is 2.33. The Morgan fingerprint density at radius 2 is 1.80 bits per heavy atom. The van der Waals surface area contributed by atoms with Gasteiger partial charge in [0.05, 0.1) is 10.5 Å². The third-order valence-electron chi connectivity index (χ3n) is 6.40. The Labute approximate surface area is 214 Å². The fourth-order valence-electron chi connectivity index (χ4n) is 4.34. The summed E-state index contributed by atoms with van der Waals surface area (Å²) in [5.41, 5.74) is 2.97. The van der Waals surface area contributed by atoms with Crippen LogP contribution in [-0.2, 0) is 11.2 Å². The van der Waals surface area contributed by atoms with E-state index in [9.17, 15) is 9.59 Å². The van der Waals surface area contributed by atoms with E-state index >= 15 is 0 Å². The first-order valence-electron chi connectivity index (χ1n) is 11.7. The summed E-state index contributed by atoms with van der Waals surface area (Å²) < 4.78 is 2.08. The van der Waals surface area contributed by atoms with Gasteiger partial charge in [0.2, 0.25) is 0 Å². The number of anilines is 1. The molecule has 35 heavy (non-hydrogen) atoms. The van der Waals surface area contributed by atoms with Gasteiger partial charge in [0.15, 0.2) is 0 Å². The minimum absolute atomic E-state index is 0.158. The molecule has 0 saturated carbocycles. The molecule has 2 saturated heterocycles. The van der Waals surface area contributed by atoms with E-state index in [0.29, 0.717) is 39.2 Å². The van der Waals surface area contributed by atoms with Gasteiger partial charge in [0.25, 0.3) is 11.5 Å². The number of aryl methyl sites for hydroxylation is 1. The van der Waals surface area contributed by atoms with Crippen LogP contribution >= 0.6 is 24.0 Å². The minimum atomic E-state index is -0.179. The molecular weight excluding hydrogens is 478 g/mol. The Balaban J connectivity index is 1.51. The Morgan fingerprint density at radius 3 is 2.54 bits per heavy atom. The standard InChI is InChI=1S/C26H27N5O2S2/c1-18-8-9-22-27-23(29-14-12-28(2)13-15-29)20(24(32)31(22)17-18)16-21-25(33)30(26(34)35-21)11-10-19-6-4-3-5-7-19/h3-9,16-17H,10-15H2,1-2H3/b21-16-. The monoisotopic (exact) mass is 505 g/mol. The molecule has 9 heteroatoms. The fraction of sp³-hybridized carbons (Fsp3) is 0.308. The van der Waals surface area contributed by atoms with Gasteiger partial charge in [-0.05, 0) is 43.7 Å². The molecule has 0 unspecified atom stereocenters. The third-order valence-corrected chi connectivity index (χ3v) is 7.78. The van der Waals surface area contributed by atoms with Gasteiger partial charge in [-0.15, -0.1) is 0 Å². The largest absolute Gasteiger partial charge is 0.353 e. The van der Waals surface area contributed by atoms with Crippen molar-refractivity contribution in [1.29, 1.82) is 0 Å². The summed E-state index contributed by atoms with van der Waals surface area (Å²) in [6.07, 6.45) is 4.20. The van der Waals surface area contributed by atoms with Crippen LogP contribution in [0.3, 0.4) is 0 Å². The maximum Gasteiger partial charge on any atom is 0.267 e. The summed E-state index contributed by atoms with van der Waals surface area (Å²) >= 11 is 6.79. The van der Waals surface area contributed by atoms with Crippen LogP contribution in [0.4, 0.5) is 5.82 Å². The topological polar surface area (TPSA) is 61.2 Å². The lowest BCUT2D eigenvalue weighted by atomic mass is 10.1. The van der Waals surface area contributed by atoms with Crippen LogP contribution in [0.1, 0.15) is 16.7 Å². The quantitative estimate of drug-likeness (QED) is 0.390. The number of thioether (sulfide) groups is 1. The van der Waals surface area contributed by atoms with Gasteiger partial charge < -0.3 is 9.80 Å². The molecule has 2 aromatic heterocycles. The van der Waals surface area contributed by atoms with E-state index in [-0.39, 0.29) is 11.5 Å². The number of fused-ring (bicyclic) bond motifs is 1. The predicted molar refractivity (Wildman–Crippen MR) is 146 cm³/mol. The molecule has 3 aromatic rings. The van der Waals surface area contributed by atoms with Crippen molar-refractivity contribution in [2.45, 2.75) is 13.3 Å². The second kappa shape index (κ2) is 9.93. The summed E-state index contributed by atoms with van der Waals surface area (Å²) in [5.74, 6) is 0.468. The Morgan fingerprint density at radius 1 is 1.06 bits per heavy atom. The lowest BCUT2D eigenvalue weighted by Crippen LogP contribution is -2.45. The number of piperazine rings is 1. The van der Waals surface area contributed by atoms with Crippen molar-refractivity contribution in [3.8, 4) is 0 Å². The molecule has 0 radical (unpaired) electrons. The van der Waals surface area contributed by atoms with Crippen molar-refractivity contribution < 1.29 is 4.79 Å². The maximum atomic E-state index is 13.7. The smallest absolute Gasteiger partial charge is 0.267 e. The summed E-state index contributed by atoms with van der Waals surface area (Å²) in [7, 11) is 2.09. The average molecular weight is 506 g/mol. The summed E-state index contributed by atoms with van der Waals surface area (Å²) in [5, 5.41) is 0. The number of thiocarbonyl (C=S) groups is 1. The molecule has 2 aliphatic heterocycles. The summed E-state index contributed by atoms with van der Waals surface area (Å²) in [6, 6.07) is 13.8. The molecule has 0 atom stereocenters. The van der Waals surface area contributed by atoms with Crippen LogP contribution in [0.25, 0.3) is 11.7 Å². The Hall–Kier alpha value is -3.01. The molecule has 7 nitrogen and oxygen atoms in total. The molecule has 1 amide bonds. The highest BCUT2D eigenvalue weighted by Crippen LogP contribution is 2.33. The number of aromatic nitrogens is 2. The van der Waals surface area contributed by atoms with Gasteiger partial charge in [-0.3, -0.25) is 18.9 Å². The molecule has 0 bridgehead atoms. The second-order valence-electron chi connectivity index (χ2n) is 8.95. The Bertz CT molecular complexity index is 1380. The number of benzene rings is 1. The number of likely N-dealkylation sites (N-methyl/N-ethyl adjacent to an activating group) is 1. The zero-order valence-corrected chi connectivity index (χ0v) is 21.4. The molecule has 5 rings (SSSR count). The van der Waals surface area contributed by atoms with Crippen LogP contribution in [0.5, 0.6) is 0 Å². The molecular formula is C26H27N5O2S2. The Kier molecular flexibility index (Phi) is 6.73. The zero-order chi connectivity index (χ0) is 24.5. The zero-order valence-electron chi connectivity index (χ0n) is 19.8. The molecule has 4 heterocycles. The number of carbonyl (C=O) groups is 1. The number of hydrogen-bond acceptors (Lipinski definition) is 7. The van der Waals surface area contributed by atoms with Gasteiger partial charge in [-0.25, -0.2) is 4.98 Å². The lowest BCUT2D eigenvalue weighted by molar-refractivity contribution is -0.122. The third kappa shape index (κ3) is 4.89. The van der Waals surface area contributed by atoms with Crippen molar-refractivity contribution in [3.63, 3.8) is 0 Å². The minimum Gasteiger partial charge on any atom is -0.353 e. The van der Waals surface area contributed by atoms with Crippen molar-refractivity contribution >= 4 is 51.7 Å². The van der Waals surface area contributed by atoms with E-state index in [0.717, 1.165) is 37.3 Å². The number of amides is 1. The van der Waals surface area contributed by atoms with Crippen molar-refractivity contribution in [1.82, 2.24) is 19.2 Å². The van der Waals surface area contributed by atoms with E-state index in [2.05, 4.69) is 16.8 Å². The van der Waals surface area contributed by atoms with Crippen LogP contribution < -0.4 is 10.5 Å². The van der Waals surface area contributed by atoms with Crippen LogP contribution in [0.15, 0.2) is 58.4 Å². The van der Waals surface area contributed by atoms with Crippen molar-refractivity contribution in [2.75, 3.05) is 44.7 Å². The molecule has 2 fully saturated rings. The molecule has 0 N–H and O–H groups in total. The van der Waals surface area contributed by atoms with E-state index in [1.54, 1.807) is 21.6 Å². The number of carbonyl (C=O) groups excluding carboxylic acids is 1. The summed E-state index contributed by atoms with van der Waals surface area (Å²) in [4.78, 5) is 38.3. The summed E-state index contributed by atoms with van der Waals surface area (Å²) in [6.45, 7) is 5.75. The van der Waals surface area contributed by atoms with E-state index in [1.807, 2.05) is 49.4 Å². The van der Waals surface area contributed by atoms with Crippen LogP contribution in [0.2, 0.25) is 0 Å². The fourth-order valence-corrected chi connectivity index (χ4v) is 5.63. The van der Waals surface area contributed by atoms with E-state index in [1.165, 1.54) is 11.8 Å². The number of rotatable bonds is 5. The first kappa shape index (κ1) is 23.7. The van der Waals surface area contributed by atoms with Gasteiger partial charge >= 0.3 is 0 Å². The molecule has 2 aliphatic rings. The molecule has 180 valence electrons. The van der Waals surface area contributed by atoms with Crippen LogP contribution in [-0.4, -0.2) is 69.2 Å². The van der Waals surface area contributed by atoms with Crippen molar-refractivity contribution in [3.05, 3.63) is 80.6 Å². The van der Waals surface area contributed by atoms with Crippen LogP contribution in [0, 0.1) is 6.92 Å². The predicted octanol–water partition coefficient (Wildman–Crippen LogP) is 3.20. The first-order chi connectivity index (χ1) is 16.9. The second-order valence-corrected chi connectivity index (χ2v) is 10.6. The van der Waals surface area contributed by atoms with Gasteiger partial charge in [-0.2, -0.15) is 0 Å². The maximum absolute atomic E-state index is 13.7. The van der Waals surface area contributed by atoms with E-state index in [4.69, 9.17) is 17.2 Å². The molecule has 0 spiro atoms. The SMILES string of the molecule is Cc1ccc2nc(N3CCN(C)CC3)c(/C=C3\SC(=S)N(CCc4ccccc4)C3=O)c(=O)n2c1. The van der Waals surface area contributed by atoms with Crippen molar-refractivity contribution in [2.24, 2.45) is 0 Å². The first-order valence-corrected chi connectivity index (χ1v) is 12.9. The van der Waals surface area contributed by atoms with Gasteiger partial charge in [0.1, 0.15) is 15.8 Å². The number of hydrogen-bond donors (Lipinski definition) is 0. The molecule has 0 aliphatic carbocycles. The highest BCUT2D eigenvalue weighted by atomic mass is 32.2. The van der Waals surface area contributed by atoms with Gasteiger partial charge in [-0.1, -0.05) is 60.4 Å². The average Bonchev–Trinajstić information content (AvgIpc) is 3.13. The molecule has 1 aromatic carbocycles. The number of pyridine rings is 1. The highest BCUT2D eigenvalue weighted by molar-refractivity contribution is 8.26. The van der Waals surface area contributed by atoms with Gasteiger partial charge in [0, 0.05) is 38.9 Å².